The molecule has 0 aliphatic heterocycles. The fourth-order valence-corrected chi connectivity index (χ4v) is 4.11. The second-order valence-corrected chi connectivity index (χ2v) is 9.14. The number of rotatable bonds is 11. The van der Waals surface area contributed by atoms with Crippen molar-refractivity contribution in [1.82, 2.24) is 5.43 Å². The largest absolute Gasteiger partial charge is 0.497 e. The summed E-state index contributed by atoms with van der Waals surface area (Å²) in [6, 6.07) is 34.7. The molecule has 0 saturated heterocycles. The fourth-order valence-electron chi connectivity index (χ4n) is 4.11. The van der Waals surface area contributed by atoms with Crippen LogP contribution in [-0.2, 0) is 11.4 Å². The second kappa shape index (κ2) is 13.6. The van der Waals surface area contributed by atoms with Gasteiger partial charge in [0.2, 0.25) is 0 Å². The summed E-state index contributed by atoms with van der Waals surface area (Å²) in [4.78, 5) is 25.3. The van der Waals surface area contributed by atoms with Crippen LogP contribution < -0.4 is 24.4 Å². The number of hydrogen-bond acceptors (Lipinski definition) is 7. The Hall–Kier alpha value is -5.63. The summed E-state index contributed by atoms with van der Waals surface area (Å²) in [5.41, 5.74) is 4.45. The Bertz CT molecular complexity index is 1680. The predicted molar refractivity (Wildman–Crippen MR) is 160 cm³/mol. The predicted octanol–water partition coefficient (Wildman–Crippen LogP) is 6.18. The molecule has 0 radical (unpaired) electrons. The van der Waals surface area contributed by atoms with Crippen LogP contribution in [0.15, 0.2) is 120 Å². The highest BCUT2D eigenvalue weighted by Crippen LogP contribution is 2.28. The Balaban J connectivity index is 1.19. The fraction of sp³-hybridized carbons (Fsp3) is 0.0882. The van der Waals surface area contributed by atoms with E-state index < -0.39 is 11.9 Å². The van der Waals surface area contributed by atoms with Crippen molar-refractivity contribution in [1.29, 1.82) is 0 Å². The number of amides is 1. The molecular formula is C34H28N2O6. The third-order valence-electron chi connectivity index (χ3n) is 6.28. The molecule has 0 atom stereocenters. The number of fused-ring (bicyclic) bond motifs is 1. The molecule has 1 amide bonds. The third-order valence-corrected chi connectivity index (χ3v) is 6.28. The number of nitrogens with zero attached hydrogens (tertiary/aromatic N) is 1. The first-order valence-corrected chi connectivity index (χ1v) is 13.2. The number of carbonyl (C=O) groups is 2. The molecule has 5 rings (SSSR count). The van der Waals surface area contributed by atoms with Crippen LogP contribution in [0.2, 0.25) is 0 Å². The van der Waals surface area contributed by atoms with Gasteiger partial charge in [0.05, 0.1) is 18.9 Å². The Morgan fingerprint density at radius 2 is 1.40 bits per heavy atom. The highest BCUT2D eigenvalue weighted by Gasteiger charge is 2.14. The minimum atomic E-state index is -0.531. The van der Waals surface area contributed by atoms with Gasteiger partial charge in [0, 0.05) is 5.56 Å². The van der Waals surface area contributed by atoms with Gasteiger partial charge < -0.3 is 18.9 Å². The van der Waals surface area contributed by atoms with Gasteiger partial charge >= 0.3 is 5.97 Å². The number of ether oxygens (including phenoxy) is 4. The van der Waals surface area contributed by atoms with Crippen LogP contribution in [0.3, 0.4) is 0 Å². The van der Waals surface area contributed by atoms with Crippen LogP contribution in [0.5, 0.6) is 23.0 Å². The zero-order chi connectivity index (χ0) is 29.1. The van der Waals surface area contributed by atoms with E-state index in [0.29, 0.717) is 40.7 Å². The summed E-state index contributed by atoms with van der Waals surface area (Å²) in [6.45, 7) is 0.219. The minimum Gasteiger partial charge on any atom is -0.497 e. The molecular weight excluding hydrogens is 532 g/mol. The van der Waals surface area contributed by atoms with E-state index in [4.69, 9.17) is 18.9 Å². The number of hydrazone groups is 1. The van der Waals surface area contributed by atoms with Gasteiger partial charge in [-0.3, -0.25) is 4.79 Å². The molecule has 42 heavy (non-hydrogen) atoms. The summed E-state index contributed by atoms with van der Waals surface area (Å²) in [6.07, 6.45) is 1.45. The van der Waals surface area contributed by atoms with Crippen molar-refractivity contribution in [3.05, 3.63) is 132 Å². The molecule has 1 N–H and O–H groups in total. The molecule has 0 aromatic heterocycles. The summed E-state index contributed by atoms with van der Waals surface area (Å²) in [5.74, 6) is 1.17. The lowest BCUT2D eigenvalue weighted by Crippen LogP contribution is -2.24. The highest BCUT2D eigenvalue weighted by atomic mass is 16.5. The molecule has 0 saturated carbocycles. The van der Waals surface area contributed by atoms with Gasteiger partial charge in [0.25, 0.3) is 5.91 Å². The molecule has 0 heterocycles. The van der Waals surface area contributed by atoms with E-state index in [-0.39, 0.29) is 6.61 Å². The zero-order valence-corrected chi connectivity index (χ0v) is 22.9. The Kier molecular flexibility index (Phi) is 9.06. The van der Waals surface area contributed by atoms with Crippen molar-refractivity contribution in [2.24, 2.45) is 5.10 Å². The third kappa shape index (κ3) is 7.31. The standard InChI is InChI=1S/C34H28N2O6/c1-39-27-14-11-26(12-15-27)34(38)42-32-20-13-25-9-5-6-10-30(25)31(32)21-35-36-33(37)23-41-29-18-16-28(17-19-29)40-22-24-7-3-2-4-8-24/h2-21H,22-23H2,1H3,(H,36,37)/b35-21-. The Morgan fingerprint density at radius 1 is 0.738 bits per heavy atom. The number of methoxy groups -OCH3 is 1. The average molecular weight is 561 g/mol. The van der Waals surface area contributed by atoms with E-state index in [1.165, 1.54) is 6.21 Å². The van der Waals surface area contributed by atoms with Gasteiger partial charge in [-0.15, -0.1) is 0 Å². The number of esters is 1. The first-order chi connectivity index (χ1) is 20.6. The van der Waals surface area contributed by atoms with Gasteiger partial charge in [-0.1, -0.05) is 60.7 Å². The van der Waals surface area contributed by atoms with Gasteiger partial charge in [0.1, 0.15) is 29.6 Å². The molecule has 8 nitrogen and oxygen atoms in total. The van der Waals surface area contributed by atoms with Gasteiger partial charge in [-0.2, -0.15) is 5.10 Å². The SMILES string of the molecule is COc1ccc(C(=O)Oc2ccc3ccccc3c2/C=N\NC(=O)COc2ccc(OCc3ccccc3)cc2)cc1. The maximum absolute atomic E-state index is 12.8. The van der Waals surface area contributed by atoms with E-state index in [2.05, 4.69) is 10.5 Å². The summed E-state index contributed by atoms with van der Waals surface area (Å²) in [7, 11) is 1.56. The Morgan fingerprint density at radius 3 is 2.14 bits per heavy atom. The smallest absolute Gasteiger partial charge is 0.343 e. The van der Waals surface area contributed by atoms with Crippen LogP contribution >= 0.6 is 0 Å². The molecule has 210 valence electrons. The number of carbonyl (C=O) groups excluding carboxylic acids is 2. The van der Waals surface area contributed by atoms with Crippen molar-refractivity contribution < 1.29 is 28.5 Å². The lowest BCUT2D eigenvalue weighted by molar-refractivity contribution is -0.123. The van der Waals surface area contributed by atoms with Crippen molar-refractivity contribution in [2.75, 3.05) is 13.7 Å². The average Bonchev–Trinajstić information content (AvgIpc) is 3.04. The van der Waals surface area contributed by atoms with Gasteiger partial charge in [-0.05, 0) is 70.9 Å². The molecule has 0 fully saturated rings. The van der Waals surface area contributed by atoms with E-state index in [0.717, 1.165) is 16.3 Å². The van der Waals surface area contributed by atoms with Crippen LogP contribution in [-0.4, -0.2) is 31.8 Å². The second-order valence-electron chi connectivity index (χ2n) is 9.14. The van der Waals surface area contributed by atoms with E-state index in [1.54, 1.807) is 61.7 Å². The molecule has 8 heteroatoms. The van der Waals surface area contributed by atoms with Crippen LogP contribution in [0.25, 0.3) is 10.8 Å². The van der Waals surface area contributed by atoms with E-state index in [9.17, 15) is 9.59 Å². The number of hydrogen-bond donors (Lipinski definition) is 1. The topological polar surface area (TPSA) is 95.5 Å². The monoisotopic (exact) mass is 560 g/mol. The van der Waals surface area contributed by atoms with Crippen LogP contribution in [0.1, 0.15) is 21.5 Å². The van der Waals surface area contributed by atoms with Crippen molar-refractivity contribution >= 4 is 28.9 Å². The van der Waals surface area contributed by atoms with Crippen molar-refractivity contribution in [3.63, 3.8) is 0 Å². The molecule has 5 aromatic carbocycles. The summed E-state index contributed by atoms with van der Waals surface area (Å²) in [5, 5.41) is 5.83. The molecule has 5 aromatic rings. The molecule has 0 bridgehead atoms. The lowest BCUT2D eigenvalue weighted by atomic mass is 10.0. The van der Waals surface area contributed by atoms with Gasteiger partial charge in [0.15, 0.2) is 6.61 Å². The van der Waals surface area contributed by atoms with Crippen molar-refractivity contribution in [2.45, 2.75) is 6.61 Å². The molecule has 0 spiro atoms. The summed E-state index contributed by atoms with van der Waals surface area (Å²) < 4.78 is 22.2. The Labute approximate surface area is 243 Å². The maximum atomic E-state index is 12.8. The first kappa shape index (κ1) is 27.9. The summed E-state index contributed by atoms with van der Waals surface area (Å²) >= 11 is 0. The van der Waals surface area contributed by atoms with E-state index in [1.807, 2.05) is 60.7 Å². The van der Waals surface area contributed by atoms with Crippen molar-refractivity contribution in [3.8, 4) is 23.0 Å². The quantitative estimate of drug-likeness (QED) is 0.0898. The molecule has 0 aliphatic rings. The van der Waals surface area contributed by atoms with Crippen LogP contribution in [0.4, 0.5) is 0 Å². The van der Waals surface area contributed by atoms with Gasteiger partial charge in [-0.25, -0.2) is 10.2 Å². The highest BCUT2D eigenvalue weighted by molar-refractivity contribution is 6.04. The maximum Gasteiger partial charge on any atom is 0.343 e. The minimum absolute atomic E-state index is 0.240. The lowest BCUT2D eigenvalue weighted by Gasteiger charge is -2.11. The molecule has 0 unspecified atom stereocenters. The molecule has 0 aliphatic carbocycles. The number of nitrogens with one attached hydrogen (secondary N) is 1. The normalized spacial score (nSPS) is 10.8. The number of benzene rings is 5. The van der Waals surface area contributed by atoms with E-state index >= 15 is 0 Å². The zero-order valence-electron chi connectivity index (χ0n) is 22.9. The van der Waals surface area contributed by atoms with Crippen LogP contribution in [0, 0.1) is 0 Å². The first-order valence-electron chi connectivity index (χ1n) is 13.2.